The first-order chi connectivity index (χ1) is 8.15. The molecule has 5 heteroatoms. The summed E-state index contributed by atoms with van der Waals surface area (Å²) in [6.07, 6.45) is 1.46. The van der Waals surface area contributed by atoms with Gasteiger partial charge in [-0.15, -0.1) is 0 Å². The Morgan fingerprint density at radius 3 is 2.76 bits per heavy atom. The third-order valence-electron chi connectivity index (χ3n) is 2.10. The number of hydrogen-bond donors (Lipinski definition) is 2. The normalized spacial score (nSPS) is 9.88. The van der Waals surface area contributed by atoms with E-state index in [1.165, 1.54) is 18.3 Å². The predicted molar refractivity (Wildman–Crippen MR) is 63.7 cm³/mol. The van der Waals surface area contributed by atoms with E-state index in [2.05, 4.69) is 4.98 Å². The van der Waals surface area contributed by atoms with Crippen LogP contribution in [-0.2, 0) is 0 Å². The Morgan fingerprint density at radius 2 is 2.06 bits per heavy atom. The maximum atomic E-state index is 11.0. The van der Waals surface area contributed by atoms with E-state index in [9.17, 15) is 4.79 Å². The van der Waals surface area contributed by atoms with Crippen molar-refractivity contribution in [3.05, 3.63) is 48.2 Å². The molecule has 0 saturated heterocycles. The molecule has 1 heterocycles. The summed E-state index contributed by atoms with van der Waals surface area (Å²) in [5, 5.41) is 0. The molecule has 0 aliphatic carbocycles. The Hall–Kier alpha value is -2.56. The molecule has 0 aliphatic rings. The van der Waals surface area contributed by atoms with Crippen molar-refractivity contribution >= 4 is 11.6 Å². The molecule has 1 amide bonds. The lowest BCUT2D eigenvalue weighted by Gasteiger charge is -2.05. The van der Waals surface area contributed by atoms with Crippen LogP contribution < -0.4 is 16.2 Å². The number of aromatic nitrogens is 1. The van der Waals surface area contributed by atoms with E-state index in [1.54, 1.807) is 24.3 Å². The Kier molecular flexibility index (Phi) is 2.91. The lowest BCUT2D eigenvalue weighted by molar-refractivity contribution is 0.1000. The predicted octanol–water partition coefficient (Wildman–Crippen LogP) is 1.55. The van der Waals surface area contributed by atoms with Crippen LogP contribution in [0.3, 0.4) is 0 Å². The molecule has 2 rings (SSSR count). The Bertz CT molecular complexity index is 555. The van der Waals surface area contributed by atoms with Gasteiger partial charge in [0.15, 0.2) is 0 Å². The molecular weight excluding hydrogens is 218 g/mol. The van der Waals surface area contributed by atoms with Gasteiger partial charge < -0.3 is 16.2 Å². The number of nitrogens with zero attached hydrogens (tertiary/aromatic N) is 1. The van der Waals surface area contributed by atoms with Gasteiger partial charge in [0.25, 0.3) is 0 Å². The van der Waals surface area contributed by atoms with Crippen molar-refractivity contribution in [3.8, 4) is 11.6 Å². The fourth-order valence-electron chi connectivity index (χ4n) is 1.32. The van der Waals surface area contributed by atoms with Gasteiger partial charge in [-0.2, -0.15) is 0 Å². The van der Waals surface area contributed by atoms with Crippen LogP contribution in [0, 0.1) is 0 Å². The number of ether oxygens (including phenoxy) is 1. The molecule has 2 aromatic rings. The van der Waals surface area contributed by atoms with E-state index < -0.39 is 5.91 Å². The molecule has 86 valence electrons. The summed E-state index contributed by atoms with van der Waals surface area (Å²) in [6, 6.07) is 9.93. The average Bonchev–Trinajstić information content (AvgIpc) is 2.29. The highest BCUT2D eigenvalue weighted by Crippen LogP contribution is 2.21. The van der Waals surface area contributed by atoms with Crippen LogP contribution in [0.15, 0.2) is 42.6 Å². The number of carbonyl (C=O) groups is 1. The van der Waals surface area contributed by atoms with Crippen LogP contribution in [0.4, 0.5) is 5.69 Å². The Balaban J connectivity index is 2.24. The van der Waals surface area contributed by atoms with Crippen LogP contribution in [-0.4, -0.2) is 10.9 Å². The highest BCUT2D eigenvalue weighted by atomic mass is 16.5. The third-order valence-corrected chi connectivity index (χ3v) is 2.10. The van der Waals surface area contributed by atoms with Gasteiger partial charge in [-0.3, -0.25) is 4.79 Å². The van der Waals surface area contributed by atoms with Crippen LogP contribution in [0.2, 0.25) is 0 Å². The van der Waals surface area contributed by atoms with Crippen LogP contribution in [0.5, 0.6) is 11.6 Å². The first-order valence-electron chi connectivity index (χ1n) is 4.94. The van der Waals surface area contributed by atoms with Crippen molar-refractivity contribution in [3.63, 3.8) is 0 Å². The minimum Gasteiger partial charge on any atom is -0.439 e. The van der Waals surface area contributed by atoms with Gasteiger partial charge in [0.1, 0.15) is 5.75 Å². The number of nitrogens with two attached hydrogens (primary N) is 2. The van der Waals surface area contributed by atoms with Crippen LogP contribution >= 0.6 is 0 Å². The number of amides is 1. The summed E-state index contributed by atoms with van der Waals surface area (Å²) in [6.45, 7) is 0. The van der Waals surface area contributed by atoms with Gasteiger partial charge in [-0.25, -0.2) is 4.98 Å². The molecular formula is C12H11N3O2. The third kappa shape index (κ3) is 2.72. The summed E-state index contributed by atoms with van der Waals surface area (Å²) in [7, 11) is 0. The van der Waals surface area contributed by atoms with Gasteiger partial charge in [0, 0.05) is 29.6 Å². The largest absolute Gasteiger partial charge is 0.439 e. The van der Waals surface area contributed by atoms with E-state index in [1.807, 2.05) is 0 Å². The Labute approximate surface area is 98.0 Å². The molecule has 0 bridgehead atoms. The minimum atomic E-state index is -0.523. The second-order valence-electron chi connectivity index (χ2n) is 3.42. The molecule has 17 heavy (non-hydrogen) atoms. The van der Waals surface area contributed by atoms with Gasteiger partial charge in [0.05, 0.1) is 0 Å². The standard InChI is InChI=1S/C12H11N3O2/c13-9-2-1-3-10(7-9)17-11-6-8(12(14)16)4-5-15-11/h1-7H,13H2,(H2,14,16). The highest BCUT2D eigenvalue weighted by Gasteiger charge is 2.04. The molecule has 0 unspecified atom stereocenters. The number of primary amides is 1. The molecule has 1 aromatic heterocycles. The van der Waals surface area contributed by atoms with E-state index in [0.717, 1.165) is 0 Å². The summed E-state index contributed by atoms with van der Waals surface area (Å²) in [5.74, 6) is 0.329. The number of benzene rings is 1. The smallest absolute Gasteiger partial charge is 0.248 e. The van der Waals surface area contributed by atoms with Crippen molar-refractivity contribution in [2.24, 2.45) is 5.73 Å². The van der Waals surface area contributed by atoms with Crippen LogP contribution in [0.1, 0.15) is 10.4 Å². The van der Waals surface area contributed by atoms with Gasteiger partial charge in [-0.05, 0) is 18.2 Å². The van der Waals surface area contributed by atoms with E-state index in [4.69, 9.17) is 16.2 Å². The summed E-state index contributed by atoms with van der Waals surface area (Å²) in [5.41, 5.74) is 11.7. The minimum absolute atomic E-state index is 0.298. The van der Waals surface area contributed by atoms with E-state index >= 15 is 0 Å². The SMILES string of the molecule is NC(=O)c1ccnc(Oc2cccc(N)c2)c1. The fraction of sp³-hybridized carbons (Fsp3) is 0. The number of carbonyl (C=O) groups excluding carboxylic acids is 1. The lowest BCUT2D eigenvalue weighted by Crippen LogP contribution is -2.10. The molecule has 1 aromatic carbocycles. The second-order valence-corrected chi connectivity index (χ2v) is 3.42. The summed E-state index contributed by atoms with van der Waals surface area (Å²) < 4.78 is 5.45. The zero-order valence-electron chi connectivity index (χ0n) is 8.96. The molecule has 4 N–H and O–H groups in total. The summed E-state index contributed by atoms with van der Waals surface area (Å²) in [4.78, 5) is 15.0. The maximum Gasteiger partial charge on any atom is 0.248 e. The number of hydrogen-bond acceptors (Lipinski definition) is 4. The van der Waals surface area contributed by atoms with Crippen molar-refractivity contribution < 1.29 is 9.53 Å². The zero-order valence-corrected chi connectivity index (χ0v) is 8.96. The molecule has 0 radical (unpaired) electrons. The number of nitrogen functional groups attached to an aromatic ring is 1. The fourth-order valence-corrected chi connectivity index (χ4v) is 1.32. The first-order valence-corrected chi connectivity index (χ1v) is 4.94. The molecule has 5 nitrogen and oxygen atoms in total. The van der Waals surface area contributed by atoms with E-state index in [0.29, 0.717) is 22.9 Å². The van der Waals surface area contributed by atoms with Gasteiger partial charge >= 0.3 is 0 Å². The van der Waals surface area contributed by atoms with Gasteiger partial charge in [-0.1, -0.05) is 6.07 Å². The lowest BCUT2D eigenvalue weighted by atomic mass is 10.2. The molecule has 0 aliphatic heterocycles. The molecule has 0 atom stereocenters. The van der Waals surface area contributed by atoms with Crippen molar-refractivity contribution in [1.29, 1.82) is 0 Å². The number of rotatable bonds is 3. The topological polar surface area (TPSA) is 91.2 Å². The number of pyridine rings is 1. The van der Waals surface area contributed by atoms with E-state index in [-0.39, 0.29) is 0 Å². The monoisotopic (exact) mass is 229 g/mol. The molecule has 0 spiro atoms. The number of anilines is 1. The molecule has 0 saturated carbocycles. The summed E-state index contributed by atoms with van der Waals surface area (Å²) >= 11 is 0. The van der Waals surface area contributed by atoms with Crippen molar-refractivity contribution in [2.75, 3.05) is 5.73 Å². The second kappa shape index (κ2) is 4.52. The average molecular weight is 229 g/mol. The first kappa shape index (κ1) is 10.9. The van der Waals surface area contributed by atoms with Gasteiger partial charge in [0.2, 0.25) is 11.8 Å². The molecule has 0 fully saturated rings. The quantitative estimate of drug-likeness (QED) is 0.781. The highest BCUT2D eigenvalue weighted by molar-refractivity contribution is 5.92. The Morgan fingerprint density at radius 1 is 1.24 bits per heavy atom. The maximum absolute atomic E-state index is 11.0. The zero-order chi connectivity index (χ0) is 12.3. The van der Waals surface area contributed by atoms with Crippen molar-refractivity contribution in [1.82, 2.24) is 4.98 Å². The van der Waals surface area contributed by atoms with Crippen LogP contribution in [0.25, 0.3) is 0 Å². The van der Waals surface area contributed by atoms with Crippen molar-refractivity contribution in [2.45, 2.75) is 0 Å².